The quantitative estimate of drug-likeness (QED) is 0.608. The van der Waals surface area contributed by atoms with E-state index < -0.39 is 0 Å². The number of rotatable bonds is 0. The molecule has 2 nitrogen and oxygen atoms in total. The summed E-state index contributed by atoms with van der Waals surface area (Å²) in [5.74, 6) is 0. The zero-order valence-corrected chi connectivity index (χ0v) is 6.67. The molecule has 0 atom stereocenters. The van der Waals surface area contributed by atoms with Gasteiger partial charge in [-0.1, -0.05) is 6.07 Å². The molecule has 0 amide bonds. The van der Waals surface area contributed by atoms with Crippen LogP contribution in [0.3, 0.4) is 0 Å². The van der Waals surface area contributed by atoms with Crippen LogP contribution < -0.4 is 5.32 Å². The molecule has 3 heteroatoms. The van der Waals surface area contributed by atoms with Gasteiger partial charge in [0, 0.05) is 4.47 Å². The molecule has 0 bridgehead atoms. The lowest BCUT2D eigenvalue weighted by Crippen LogP contribution is -1.83. The first-order chi connectivity index (χ1) is 4.88. The van der Waals surface area contributed by atoms with Gasteiger partial charge in [-0.05, 0) is 28.1 Å². The number of halogens is 1. The van der Waals surface area contributed by atoms with Crippen molar-refractivity contribution in [2.24, 2.45) is 4.99 Å². The first-order valence-electron chi connectivity index (χ1n) is 2.90. The fourth-order valence-corrected chi connectivity index (χ4v) is 1.34. The zero-order valence-electron chi connectivity index (χ0n) is 5.08. The molecule has 1 aromatic rings. The van der Waals surface area contributed by atoms with E-state index in [0.717, 1.165) is 15.8 Å². The van der Waals surface area contributed by atoms with Crippen molar-refractivity contribution >= 4 is 33.6 Å². The SMILES string of the molecule is Brc1cccc2c1N=C[N]2. The van der Waals surface area contributed by atoms with Crippen molar-refractivity contribution in [2.45, 2.75) is 0 Å². The van der Waals surface area contributed by atoms with E-state index in [9.17, 15) is 0 Å². The highest BCUT2D eigenvalue weighted by Crippen LogP contribution is 2.35. The van der Waals surface area contributed by atoms with Gasteiger partial charge in [-0.15, -0.1) is 0 Å². The van der Waals surface area contributed by atoms with Gasteiger partial charge in [0.25, 0.3) is 0 Å². The topological polar surface area (TPSA) is 26.5 Å². The smallest absolute Gasteiger partial charge is 0.116 e. The van der Waals surface area contributed by atoms with E-state index in [4.69, 9.17) is 0 Å². The molecule has 1 heterocycles. The predicted octanol–water partition coefficient (Wildman–Crippen LogP) is 2.36. The summed E-state index contributed by atoms with van der Waals surface area (Å²) in [4.78, 5) is 4.06. The number of hydrogen-bond acceptors (Lipinski definition) is 1. The third-order valence-electron chi connectivity index (χ3n) is 1.35. The Labute approximate surface area is 67.1 Å². The van der Waals surface area contributed by atoms with Crippen molar-refractivity contribution < 1.29 is 0 Å². The predicted molar refractivity (Wildman–Crippen MR) is 44.1 cm³/mol. The van der Waals surface area contributed by atoms with Gasteiger partial charge in [-0.25, -0.2) is 10.3 Å². The molecular formula is C7H4BrN2. The lowest BCUT2D eigenvalue weighted by molar-refractivity contribution is 1.35. The van der Waals surface area contributed by atoms with Crippen LogP contribution in [0, 0.1) is 0 Å². The van der Waals surface area contributed by atoms with E-state index in [1.165, 1.54) is 0 Å². The Kier molecular flexibility index (Phi) is 1.24. The molecule has 1 aromatic carbocycles. The first kappa shape index (κ1) is 5.92. The van der Waals surface area contributed by atoms with Crippen LogP contribution in [0.4, 0.5) is 11.4 Å². The van der Waals surface area contributed by atoms with Gasteiger partial charge in [0.05, 0.1) is 5.69 Å². The number of fused-ring (bicyclic) bond motifs is 1. The second kappa shape index (κ2) is 2.09. The van der Waals surface area contributed by atoms with Crippen molar-refractivity contribution in [3.63, 3.8) is 0 Å². The van der Waals surface area contributed by atoms with E-state index in [1.54, 1.807) is 6.34 Å². The summed E-state index contributed by atoms with van der Waals surface area (Å²) >= 11 is 3.37. The molecule has 1 aliphatic heterocycles. The molecule has 0 spiro atoms. The molecule has 2 rings (SSSR count). The molecule has 0 saturated heterocycles. The van der Waals surface area contributed by atoms with Gasteiger partial charge in [0.1, 0.15) is 12.0 Å². The minimum absolute atomic E-state index is 0.933. The van der Waals surface area contributed by atoms with Crippen LogP contribution in [0.2, 0.25) is 0 Å². The average molecular weight is 196 g/mol. The normalized spacial score (nSPS) is 12.9. The summed E-state index contributed by atoms with van der Waals surface area (Å²) in [7, 11) is 0. The molecule has 0 aromatic heterocycles. The Hall–Kier alpha value is -0.830. The Morgan fingerprint density at radius 2 is 2.20 bits per heavy atom. The Balaban J connectivity index is 2.67. The molecule has 1 aliphatic rings. The van der Waals surface area contributed by atoms with Gasteiger partial charge in [0.15, 0.2) is 0 Å². The van der Waals surface area contributed by atoms with E-state index in [1.807, 2.05) is 18.2 Å². The maximum absolute atomic E-state index is 4.06. The van der Waals surface area contributed by atoms with Gasteiger partial charge in [-0.3, -0.25) is 0 Å². The number of hydrogen-bond donors (Lipinski definition) is 0. The summed E-state index contributed by atoms with van der Waals surface area (Å²) < 4.78 is 1.00. The molecule has 0 saturated carbocycles. The highest BCUT2D eigenvalue weighted by atomic mass is 79.9. The monoisotopic (exact) mass is 195 g/mol. The summed E-state index contributed by atoms with van der Waals surface area (Å²) in [5.41, 5.74) is 1.87. The summed E-state index contributed by atoms with van der Waals surface area (Å²) in [6, 6.07) is 5.84. The average Bonchev–Trinajstić information content (AvgIpc) is 2.36. The largest absolute Gasteiger partial charge is 0.235 e. The second-order valence-electron chi connectivity index (χ2n) is 1.98. The molecule has 0 unspecified atom stereocenters. The van der Waals surface area contributed by atoms with Crippen molar-refractivity contribution in [1.29, 1.82) is 0 Å². The van der Waals surface area contributed by atoms with Crippen LogP contribution in [-0.4, -0.2) is 6.34 Å². The molecule has 0 N–H and O–H groups in total. The van der Waals surface area contributed by atoms with Crippen molar-refractivity contribution in [2.75, 3.05) is 0 Å². The lowest BCUT2D eigenvalue weighted by atomic mass is 10.3. The van der Waals surface area contributed by atoms with Crippen molar-refractivity contribution in [3.05, 3.63) is 22.7 Å². The fraction of sp³-hybridized carbons (Fsp3) is 0. The van der Waals surface area contributed by atoms with Crippen LogP contribution in [0.25, 0.3) is 0 Å². The van der Waals surface area contributed by atoms with E-state index in [2.05, 4.69) is 26.2 Å². The van der Waals surface area contributed by atoms with Crippen LogP contribution in [0.5, 0.6) is 0 Å². The van der Waals surface area contributed by atoms with Gasteiger partial charge < -0.3 is 0 Å². The Morgan fingerprint density at radius 1 is 1.30 bits per heavy atom. The van der Waals surface area contributed by atoms with Crippen molar-refractivity contribution in [3.8, 4) is 0 Å². The van der Waals surface area contributed by atoms with E-state index >= 15 is 0 Å². The molecule has 10 heavy (non-hydrogen) atoms. The van der Waals surface area contributed by atoms with Gasteiger partial charge in [-0.2, -0.15) is 0 Å². The molecule has 1 radical (unpaired) electrons. The highest BCUT2D eigenvalue weighted by molar-refractivity contribution is 9.10. The molecule has 0 fully saturated rings. The second-order valence-corrected chi connectivity index (χ2v) is 2.84. The van der Waals surface area contributed by atoms with E-state index in [-0.39, 0.29) is 0 Å². The number of benzene rings is 1. The standard InChI is InChI=1S/C7H4BrN2/c8-5-2-1-3-6-7(5)10-4-9-6/h1-4H. The third kappa shape index (κ3) is 0.743. The van der Waals surface area contributed by atoms with Crippen LogP contribution in [0.15, 0.2) is 27.7 Å². The number of nitrogens with zero attached hydrogens (tertiary/aromatic N) is 2. The summed E-state index contributed by atoms with van der Waals surface area (Å²) in [6.07, 6.45) is 1.56. The molecular weight excluding hydrogens is 192 g/mol. The third-order valence-corrected chi connectivity index (χ3v) is 1.99. The van der Waals surface area contributed by atoms with Crippen molar-refractivity contribution in [1.82, 2.24) is 5.32 Å². The molecule has 49 valence electrons. The number of aliphatic imine (C=N–C) groups is 1. The van der Waals surface area contributed by atoms with E-state index in [0.29, 0.717) is 0 Å². The van der Waals surface area contributed by atoms with Crippen LogP contribution in [0.1, 0.15) is 0 Å². The summed E-state index contributed by atoms with van der Waals surface area (Å²) in [5, 5.41) is 4.04. The van der Waals surface area contributed by atoms with Crippen LogP contribution in [-0.2, 0) is 0 Å². The van der Waals surface area contributed by atoms with Crippen LogP contribution >= 0.6 is 15.9 Å². The Bertz CT molecular complexity index is 294. The van der Waals surface area contributed by atoms with Gasteiger partial charge >= 0.3 is 0 Å². The minimum atomic E-state index is 0.933. The highest BCUT2D eigenvalue weighted by Gasteiger charge is 2.08. The zero-order chi connectivity index (χ0) is 6.97. The first-order valence-corrected chi connectivity index (χ1v) is 3.69. The lowest BCUT2D eigenvalue weighted by Gasteiger charge is -1.95. The fourth-order valence-electron chi connectivity index (χ4n) is 0.885. The minimum Gasteiger partial charge on any atom is -0.235 e. The maximum Gasteiger partial charge on any atom is 0.116 e. The molecule has 0 aliphatic carbocycles. The number of para-hydroxylation sites is 1. The Morgan fingerprint density at radius 3 is 3.00 bits per heavy atom. The summed E-state index contributed by atoms with van der Waals surface area (Å²) in [6.45, 7) is 0. The maximum atomic E-state index is 4.06. The van der Waals surface area contributed by atoms with Gasteiger partial charge in [0.2, 0.25) is 0 Å².